The molecule has 2 heterocycles. The van der Waals surface area contributed by atoms with Crippen molar-refractivity contribution in [1.29, 1.82) is 0 Å². The highest BCUT2D eigenvalue weighted by molar-refractivity contribution is 5.78. The van der Waals surface area contributed by atoms with E-state index < -0.39 is 5.60 Å². The standard InChI is InChI=1S/C21H32N4O2/c1-14-11-18(24-19(23-14)17-7-8-17)25-9-10-27-21(3,13-25)12-22-20(26)15(2)16-5-4-6-16/h11,15-17H,4-10,12-13H2,1-3H3,(H,22,26). The number of hydrogen-bond donors (Lipinski definition) is 1. The highest BCUT2D eigenvalue weighted by Gasteiger charge is 2.36. The van der Waals surface area contributed by atoms with Crippen molar-refractivity contribution in [2.24, 2.45) is 11.8 Å². The van der Waals surface area contributed by atoms with Gasteiger partial charge >= 0.3 is 0 Å². The van der Waals surface area contributed by atoms with E-state index >= 15 is 0 Å². The van der Waals surface area contributed by atoms with Gasteiger partial charge in [-0.25, -0.2) is 9.97 Å². The molecule has 4 rings (SSSR count). The molecule has 3 aliphatic rings. The summed E-state index contributed by atoms with van der Waals surface area (Å²) in [4.78, 5) is 24.2. The molecule has 2 aliphatic carbocycles. The number of nitrogens with one attached hydrogen (secondary N) is 1. The first-order chi connectivity index (χ1) is 12.9. The van der Waals surface area contributed by atoms with Crippen LogP contribution in [0.4, 0.5) is 5.82 Å². The fourth-order valence-electron chi connectivity index (χ4n) is 4.08. The molecule has 148 valence electrons. The van der Waals surface area contributed by atoms with Crippen molar-refractivity contribution in [3.63, 3.8) is 0 Å². The minimum absolute atomic E-state index is 0.104. The second-order valence-electron chi connectivity index (χ2n) is 8.92. The van der Waals surface area contributed by atoms with E-state index in [1.807, 2.05) is 6.92 Å². The molecule has 6 heteroatoms. The quantitative estimate of drug-likeness (QED) is 0.832. The smallest absolute Gasteiger partial charge is 0.223 e. The van der Waals surface area contributed by atoms with Crippen molar-refractivity contribution in [2.45, 2.75) is 64.4 Å². The van der Waals surface area contributed by atoms with E-state index in [1.165, 1.54) is 32.1 Å². The Morgan fingerprint density at radius 1 is 1.37 bits per heavy atom. The summed E-state index contributed by atoms with van der Waals surface area (Å²) in [6, 6.07) is 2.06. The molecule has 1 aliphatic heterocycles. The number of ether oxygens (including phenoxy) is 1. The number of aryl methyl sites for hydroxylation is 1. The molecule has 1 N–H and O–H groups in total. The maximum absolute atomic E-state index is 12.5. The number of rotatable bonds is 6. The zero-order valence-corrected chi connectivity index (χ0v) is 16.8. The maximum atomic E-state index is 12.5. The summed E-state index contributed by atoms with van der Waals surface area (Å²) in [7, 11) is 0. The molecule has 3 fully saturated rings. The molecule has 0 radical (unpaired) electrons. The molecule has 1 saturated heterocycles. The molecule has 2 unspecified atom stereocenters. The Morgan fingerprint density at radius 2 is 2.15 bits per heavy atom. The van der Waals surface area contributed by atoms with Crippen LogP contribution in [0, 0.1) is 18.8 Å². The molecule has 0 bridgehead atoms. The molecule has 27 heavy (non-hydrogen) atoms. The lowest BCUT2D eigenvalue weighted by molar-refractivity contribution is -0.129. The predicted molar refractivity (Wildman–Crippen MR) is 105 cm³/mol. The highest BCUT2D eigenvalue weighted by Crippen LogP contribution is 2.39. The van der Waals surface area contributed by atoms with Crippen LogP contribution < -0.4 is 10.2 Å². The van der Waals surface area contributed by atoms with Crippen molar-refractivity contribution < 1.29 is 9.53 Å². The molecule has 1 amide bonds. The van der Waals surface area contributed by atoms with Gasteiger partial charge in [-0.2, -0.15) is 0 Å². The van der Waals surface area contributed by atoms with Crippen LogP contribution in [0.25, 0.3) is 0 Å². The van der Waals surface area contributed by atoms with Gasteiger partial charge in [0, 0.05) is 43.2 Å². The van der Waals surface area contributed by atoms with Crippen LogP contribution in [0.3, 0.4) is 0 Å². The van der Waals surface area contributed by atoms with Crippen molar-refractivity contribution in [2.75, 3.05) is 31.1 Å². The van der Waals surface area contributed by atoms with Crippen molar-refractivity contribution in [3.8, 4) is 0 Å². The van der Waals surface area contributed by atoms with Gasteiger partial charge in [0.1, 0.15) is 17.2 Å². The third-order valence-corrected chi connectivity index (χ3v) is 6.37. The summed E-state index contributed by atoms with van der Waals surface area (Å²) in [6.07, 6.45) is 6.04. The van der Waals surface area contributed by atoms with Gasteiger partial charge in [-0.3, -0.25) is 4.79 Å². The average Bonchev–Trinajstić information content (AvgIpc) is 3.43. The third kappa shape index (κ3) is 4.26. The van der Waals surface area contributed by atoms with Crippen LogP contribution in [0.5, 0.6) is 0 Å². The largest absolute Gasteiger partial charge is 0.370 e. The Labute approximate surface area is 162 Å². The molecule has 2 saturated carbocycles. The third-order valence-electron chi connectivity index (χ3n) is 6.37. The van der Waals surface area contributed by atoms with Crippen LogP contribution >= 0.6 is 0 Å². The number of amides is 1. The van der Waals surface area contributed by atoms with Crippen LogP contribution in [0.15, 0.2) is 6.07 Å². The maximum Gasteiger partial charge on any atom is 0.223 e. The highest BCUT2D eigenvalue weighted by atomic mass is 16.5. The van der Waals surface area contributed by atoms with Crippen LogP contribution in [-0.2, 0) is 9.53 Å². The van der Waals surface area contributed by atoms with E-state index in [0.717, 1.165) is 30.4 Å². The van der Waals surface area contributed by atoms with E-state index in [1.54, 1.807) is 0 Å². The first-order valence-electron chi connectivity index (χ1n) is 10.5. The van der Waals surface area contributed by atoms with Crippen LogP contribution in [0.2, 0.25) is 0 Å². The number of hydrogen-bond acceptors (Lipinski definition) is 5. The normalized spacial score (nSPS) is 27.1. The summed E-state index contributed by atoms with van der Waals surface area (Å²) >= 11 is 0. The van der Waals surface area contributed by atoms with Gasteiger partial charge in [0.2, 0.25) is 5.91 Å². The number of carbonyl (C=O) groups excluding carboxylic acids is 1. The minimum Gasteiger partial charge on any atom is -0.370 e. The van der Waals surface area contributed by atoms with E-state index in [9.17, 15) is 4.79 Å². The first kappa shape index (κ1) is 18.7. The van der Waals surface area contributed by atoms with E-state index in [4.69, 9.17) is 9.72 Å². The van der Waals surface area contributed by atoms with Crippen molar-refractivity contribution in [3.05, 3.63) is 17.6 Å². The molecule has 0 spiro atoms. The SMILES string of the molecule is Cc1cc(N2CCOC(C)(CNC(=O)C(C)C3CCC3)C2)nc(C2CC2)n1. The summed E-state index contributed by atoms with van der Waals surface area (Å²) in [5.41, 5.74) is 0.629. The van der Waals surface area contributed by atoms with Crippen LogP contribution in [-0.4, -0.2) is 47.7 Å². The number of nitrogens with zero attached hydrogens (tertiary/aromatic N) is 3. The Bertz CT molecular complexity index is 701. The summed E-state index contributed by atoms with van der Waals surface area (Å²) in [5.74, 6) is 3.35. The van der Waals surface area contributed by atoms with Gasteiger partial charge in [0.05, 0.1) is 6.61 Å². The second-order valence-corrected chi connectivity index (χ2v) is 8.92. The molecule has 0 aromatic carbocycles. The molecular weight excluding hydrogens is 340 g/mol. The lowest BCUT2D eigenvalue weighted by atomic mass is 9.76. The lowest BCUT2D eigenvalue weighted by Crippen LogP contribution is -2.56. The predicted octanol–water partition coefficient (Wildman–Crippen LogP) is 2.81. The molecule has 2 atom stereocenters. The topological polar surface area (TPSA) is 67.3 Å². The zero-order valence-electron chi connectivity index (χ0n) is 16.8. The van der Waals surface area contributed by atoms with Gasteiger partial charge in [-0.15, -0.1) is 0 Å². The Kier molecular flexibility index (Phi) is 5.10. The fourth-order valence-corrected chi connectivity index (χ4v) is 4.08. The summed E-state index contributed by atoms with van der Waals surface area (Å²) < 4.78 is 6.07. The van der Waals surface area contributed by atoms with Gasteiger partial charge in [-0.05, 0) is 45.4 Å². The number of carbonyl (C=O) groups is 1. The van der Waals surface area contributed by atoms with Gasteiger partial charge in [0.25, 0.3) is 0 Å². The van der Waals surface area contributed by atoms with Gasteiger partial charge in [0.15, 0.2) is 0 Å². The summed E-state index contributed by atoms with van der Waals surface area (Å²) in [5, 5.41) is 3.14. The van der Waals surface area contributed by atoms with E-state index in [0.29, 0.717) is 25.0 Å². The Hall–Kier alpha value is -1.69. The Balaban J connectivity index is 1.38. The van der Waals surface area contributed by atoms with E-state index in [-0.39, 0.29) is 11.8 Å². The second kappa shape index (κ2) is 7.38. The number of morpholine rings is 1. The lowest BCUT2D eigenvalue weighted by Gasteiger charge is -2.41. The molecule has 1 aromatic rings. The van der Waals surface area contributed by atoms with Crippen molar-refractivity contribution in [1.82, 2.24) is 15.3 Å². The average molecular weight is 373 g/mol. The number of aromatic nitrogens is 2. The first-order valence-corrected chi connectivity index (χ1v) is 10.5. The Morgan fingerprint density at radius 3 is 2.81 bits per heavy atom. The van der Waals surface area contributed by atoms with Gasteiger partial charge in [-0.1, -0.05) is 13.3 Å². The molecule has 1 aromatic heterocycles. The van der Waals surface area contributed by atoms with Crippen LogP contribution in [0.1, 0.15) is 63.4 Å². The monoisotopic (exact) mass is 372 g/mol. The van der Waals surface area contributed by atoms with Crippen molar-refractivity contribution >= 4 is 11.7 Å². The minimum atomic E-state index is -0.397. The number of anilines is 1. The van der Waals surface area contributed by atoms with Gasteiger partial charge < -0.3 is 15.0 Å². The molecular formula is C21H32N4O2. The fraction of sp³-hybridized carbons (Fsp3) is 0.762. The zero-order chi connectivity index (χ0) is 19.0. The molecule has 6 nitrogen and oxygen atoms in total. The van der Waals surface area contributed by atoms with E-state index in [2.05, 4.69) is 35.1 Å². The summed E-state index contributed by atoms with van der Waals surface area (Å²) in [6.45, 7) is 8.92.